The highest BCUT2D eigenvalue weighted by Gasteiger charge is 2.36. The highest BCUT2D eigenvalue weighted by Crippen LogP contribution is 2.35. The summed E-state index contributed by atoms with van der Waals surface area (Å²) in [6.07, 6.45) is 1.03. The van der Waals surface area contributed by atoms with E-state index in [0.29, 0.717) is 0 Å². The Labute approximate surface area is 149 Å². The lowest BCUT2D eigenvalue weighted by Crippen LogP contribution is -2.22. The molecule has 0 aliphatic heterocycles. The monoisotopic (exact) mass is 378 g/mol. The lowest BCUT2D eigenvalue weighted by Gasteiger charge is -2.14. The third kappa shape index (κ3) is 4.51. The van der Waals surface area contributed by atoms with Gasteiger partial charge in [0.1, 0.15) is 12.1 Å². The number of halogens is 4. The maximum Gasteiger partial charge on any atom is 0.435 e. The molecule has 0 aromatic carbocycles. The fourth-order valence-corrected chi connectivity index (χ4v) is 2.14. The second-order valence-electron chi connectivity index (χ2n) is 5.19. The molecule has 0 aliphatic rings. The van der Waals surface area contributed by atoms with E-state index in [2.05, 4.69) is 30.6 Å². The predicted octanol–water partition coefficient (Wildman–Crippen LogP) is 3.74. The van der Waals surface area contributed by atoms with Crippen LogP contribution in [0.3, 0.4) is 0 Å². The van der Waals surface area contributed by atoms with E-state index < -0.39 is 29.4 Å². The third-order valence-electron chi connectivity index (χ3n) is 3.23. The number of hydrogen-bond donors (Lipinski definition) is 2. The average Bonchev–Trinajstić information content (AvgIpc) is 2.62. The molecule has 3 aromatic heterocycles. The summed E-state index contributed by atoms with van der Waals surface area (Å²) in [6.45, 7) is 0. The molecule has 0 saturated carbocycles. The van der Waals surface area contributed by atoms with Crippen LogP contribution in [0.1, 0.15) is 5.69 Å². The summed E-state index contributed by atoms with van der Waals surface area (Å²) in [7, 11) is 0. The number of nitrogens with one attached hydrogen (secondary N) is 2. The summed E-state index contributed by atoms with van der Waals surface area (Å²) in [6, 6.07) is 2.31. The molecule has 3 heterocycles. The smallest absolute Gasteiger partial charge is 0.306 e. The van der Waals surface area contributed by atoms with Gasteiger partial charge in [0.25, 0.3) is 0 Å². The Morgan fingerprint density at radius 1 is 0.963 bits per heavy atom. The molecule has 0 fully saturated rings. The first-order chi connectivity index (χ1) is 12.8. The summed E-state index contributed by atoms with van der Waals surface area (Å²) in [5.41, 5.74) is -1.78. The van der Waals surface area contributed by atoms with Gasteiger partial charge >= 0.3 is 12.2 Å². The van der Waals surface area contributed by atoms with Crippen molar-refractivity contribution < 1.29 is 22.4 Å². The molecule has 0 radical (unpaired) electrons. The summed E-state index contributed by atoms with van der Waals surface area (Å²) in [5, 5.41) is 4.37. The Morgan fingerprint density at radius 3 is 2.37 bits per heavy atom. The van der Waals surface area contributed by atoms with E-state index in [1.165, 1.54) is 31.0 Å². The summed E-state index contributed by atoms with van der Waals surface area (Å²) in [4.78, 5) is 26.4. The van der Waals surface area contributed by atoms with Crippen LogP contribution in [0.15, 0.2) is 49.3 Å². The van der Waals surface area contributed by atoms with Crippen LogP contribution < -0.4 is 10.6 Å². The van der Waals surface area contributed by atoms with Gasteiger partial charge in [-0.05, 0) is 18.2 Å². The number of hydrogen-bond acceptors (Lipinski definition) is 5. The fraction of sp³-hybridized carbons (Fsp3) is 0.0625. The summed E-state index contributed by atoms with van der Waals surface area (Å²) in [5.74, 6) is -0.713. The van der Waals surface area contributed by atoms with Crippen molar-refractivity contribution >= 4 is 17.4 Å². The minimum atomic E-state index is -4.85. The van der Waals surface area contributed by atoms with Crippen LogP contribution in [0.4, 0.5) is 33.7 Å². The van der Waals surface area contributed by atoms with E-state index in [-0.39, 0.29) is 16.9 Å². The molecular formula is C16H10F4N6O. The topological polar surface area (TPSA) is 92.7 Å². The van der Waals surface area contributed by atoms with Crippen molar-refractivity contribution in [2.24, 2.45) is 0 Å². The lowest BCUT2D eigenvalue weighted by atomic mass is 10.1. The van der Waals surface area contributed by atoms with E-state index in [0.717, 1.165) is 18.3 Å². The van der Waals surface area contributed by atoms with E-state index in [4.69, 9.17) is 0 Å². The summed E-state index contributed by atoms with van der Waals surface area (Å²) < 4.78 is 53.3. The zero-order valence-corrected chi connectivity index (χ0v) is 13.3. The normalized spacial score (nSPS) is 11.1. The number of rotatable bonds is 3. The van der Waals surface area contributed by atoms with Gasteiger partial charge in [-0.3, -0.25) is 4.98 Å². The molecule has 3 rings (SSSR count). The zero-order valence-electron chi connectivity index (χ0n) is 13.3. The number of carbonyl (C=O) groups excluding carboxylic acids is 1. The molecule has 27 heavy (non-hydrogen) atoms. The van der Waals surface area contributed by atoms with Crippen LogP contribution in [-0.4, -0.2) is 26.0 Å². The predicted molar refractivity (Wildman–Crippen MR) is 87.1 cm³/mol. The number of aromatic nitrogens is 4. The molecule has 0 unspecified atom stereocenters. The molecule has 0 spiro atoms. The van der Waals surface area contributed by atoms with Crippen LogP contribution in [0.5, 0.6) is 0 Å². The van der Waals surface area contributed by atoms with Crippen molar-refractivity contribution in [3.05, 3.63) is 60.8 Å². The van der Waals surface area contributed by atoms with Gasteiger partial charge in [0, 0.05) is 11.8 Å². The molecular weight excluding hydrogens is 368 g/mol. The Morgan fingerprint density at radius 2 is 1.70 bits per heavy atom. The van der Waals surface area contributed by atoms with Crippen LogP contribution in [0, 0.1) is 5.82 Å². The van der Waals surface area contributed by atoms with Gasteiger partial charge in [-0.15, -0.1) is 0 Å². The van der Waals surface area contributed by atoms with Gasteiger partial charge < -0.3 is 10.6 Å². The molecule has 7 nitrogen and oxygen atoms in total. The van der Waals surface area contributed by atoms with Gasteiger partial charge in [-0.2, -0.15) is 13.2 Å². The molecule has 138 valence electrons. The van der Waals surface area contributed by atoms with E-state index in [9.17, 15) is 22.4 Å². The fourth-order valence-electron chi connectivity index (χ4n) is 2.14. The minimum Gasteiger partial charge on any atom is -0.306 e. The van der Waals surface area contributed by atoms with E-state index in [1.54, 1.807) is 0 Å². The highest BCUT2D eigenvalue weighted by atomic mass is 19.4. The maximum atomic E-state index is 13.4. The van der Waals surface area contributed by atoms with Crippen molar-refractivity contribution in [3.8, 4) is 11.3 Å². The van der Waals surface area contributed by atoms with E-state index in [1.807, 2.05) is 0 Å². The van der Waals surface area contributed by atoms with Gasteiger partial charge in [0.15, 0.2) is 5.69 Å². The van der Waals surface area contributed by atoms with Gasteiger partial charge in [0.2, 0.25) is 0 Å². The van der Waals surface area contributed by atoms with Crippen molar-refractivity contribution in [3.63, 3.8) is 0 Å². The average molecular weight is 378 g/mol. The number of carbonyl (C=O) groups is 1. The molecule has 0 bridgehead atoms. The Bertz CT molecular complexity index is 965. The van der Waals surface area contributed by atoms with Crippen molar-refractivity contribution in [1.82, 2.24) is 19.9 Å². The molecule has 0 atom stereocenters. The molecule has 3 aromatic rings. The Hall–Kier alpha value is -3.63. The molecule has 0 saturated heterocycles. The molecule has 2 amide bonds. The maximum absolute atomic E-state index is 13.4. The van der Waals surface area contributed by atoms with Crippen LogP contribution in [-0.2, 0) is 6.18 Å². The third-order valence-corrected chi connectivity index (χ3v) is 3.23. The van der Waals surface area contributed by atoms with Crippen molar-refractivity contribution in [1.29, 1.82) is 0 Å². The molecule has 0 aliphatic carbocycles. The first kappa shape index (κ1) is 18.2. The standard InChI is InChI=1S/C16H10F4N6O/c17-10-3-9(4-21-5-10)12-1-2-13(14(25-12)16(18,19)20)26-15(27)24-11-6-22-8-23-7-11/h1-8H,(H2,24,26,27). The number of nitrogens with zero attached hydrogens (tertiary/aromatic N) is 4. The van der Waals surface area contributed by atoms with Crippen LogP contribution in [0.2, 0.25) is 0 Å². The van der Waals surface area contributed by atoms with Crippen molar-refractivity contribution in [2.75, 3.05) is 10.6 Å². The largest absolute Gasteiger partial charge is 0.435 e. The number of alkyl halides is 3. The second kappa shape index (κ2) is 7.32. The number of urea groups is 1. The number of amides is 2. The van der Waals surface area contributed by atoms with E-state index >= 15 is 0 Å². The Kier molecular flexibility index (Phi) is 4.92. The first-order valence-electron chi connectivity index (χ1n) is 7.35. The van der Waals surface area contributed by atoms with Crippen LogP contribution in [0.25, 0.3) is 11.3 Å². The first-order valence-corrected chi connectivity index (χ1v) is 7.35. The highest BCUT2D eigenvalue weighted by molar-refractivity contribution is 6.00. The molecule has 11 heteroatoms. The quantitative estimate of drug-likeness (QED) is 0.678. The SMILES string of the molecule is O=C(Nc1cncnc1)Nc1ccc(-c2cncc(F)c2)nc1C(F)(F)F. The number of anilines is 2. The van der Waals surface area contributed by atoms with Gasteiger partial charge in [0.05, 0.1) is 35.7 Å². The van der Waals surface area contributed by atoms with Gasteiger partial charge in [-0.25, -0.2) is 24.1 Å². The van der Waals surface area contributed by atoms with Crippen LogP contribution >= 0.6 is 0 Å². The second-order valence-corrected chi connectivity index (χ2v) is 5.19. The van der Waals surface area contributed by atoms with Gasteiger partial charge in [-0.1, -0.05) is 0 Å². The molecule has 2 N–H and O–H groups in total. The zero-order chi connectivity index (χ0) is 19.4. The summed E-state index contributed by atoms with van der Waals surface area (Å²) >= 11 is 0. The lowest BCUT2D eigenvalue weighted by molar-refractivity contribution is -0.140. The number of pyridine rings is 2. The minimum absolute atomic E-state index is 0.0675. The Balaban J connectivity index is 1.90. The van der Waals surface area contributed by atoms with Crippen molar-refractivity contribution in [2.45, 2.75) is 6.18 Å².